The summed E-state index contributed by atoms with van der Waals surface area (Å²) in [6.07, 6.45) is 1.26. The second-order valence-electron chi connectivity index (χ2n) is 8.77. The standard InChI is InChI=1S/C24H30BNO6/c1-23(2)24(3,4)32-25(31-23)20(13-18-10-11-21(28)19(12-18)15-27)14-26-22(29)30-16-17-8-6-5-7-9-17/h5-13,27-28H,14-16H2,1-4H3,(H,26,29). The van der Waals surface area contributed by atoms with E-state index in [0.29, 0.717) is 11.0 Å². The summed E-state index contributed by atoms with van der Waals surface area (Å²) in [5.41, 5.74) is 1.61. The van der Waals surface area contributed by atoms with Crippen molar-refractivity contribution in [1.29, 1.82) is 0 Å². The summed E-state index contributed by atoms with van der Waals surface area (Å²) >= 11 is 0. The summed E-state index contributed by atoms with van der Waals surface area (Å²) in [6.45, 7) is 7.84. The third-order valence-corrected chi connectivity index (χ3v) is 5.83. The predicted octanol–water partition coefficient (Wildman–Crippen LogP) is 3.83. The van der Waals surface area contributed by atoms with Gasteiger partial charge in [-0.1, -0.05) is 42.5 Å². The van der Waals surface area contributed by atoms with Gasteiger partial charge in [0.15, 0.2) is 0 Å². The molecule has 0 radical (unpaired) electrons. The van der Waals surface area contributed by atoms with Crippen molar-refractivity contribution < 1.29 is 29.1 Å². The van der Waals surface area contributed by atoms with Crippen LogP contribution in [0.2, 0.25) is 0 Å². The number of benzene rings is 2. The smallest absolute Gasteiger partial charge is 0.492 e. The minimum atomic E-state index is -0.680. The van der Waals surface area contributed by atoms with E-state index in [1.165, 1.54) is 6.07 Å². The number of carbonyl (C=O) groups excluding carboxylic acids is 1. The Labute approximate surface area is 189 Å². The minimum absolute atomic E-state index is 0.0180. The van der Waals surface area contributed by atoms with Crippen LogP contribution in [0.3, 0.4) is 0 Å². The number of ether oxygens (including phenoxy) is 1. The van der Waals surface area contributed by atoms with Crippen LogP contribution in [0.4, 0.5) is 4.79 Å². The lowest BCUT2D eigenvalue weighted by molar-refractivity contribution is 0.00578. The van der Waals surface area contributed by atoms with Crippen LogP contribution in [-0.4, -0.2) is 41.2 Å². The van der Waals surface area contributed by atoms with Crippen molar-refractivity contribution in [3.63, 3.8) is 0 Å². The van der Waals surface area contributed by atoms with Crippen molar-refractivity contribution >= 4 is 19.3 Å². The molecule has 170 valence electrons. The molecule has 3 rings (SSSR count). The molecule has 0 aromatic heterocycles. The largest absolute Gasteiger partial charge is 0.508 e. The lowest BCUT2D eigenvalue weighted by Crippen LogP contribution is -2.41. The first-order valence-electron chi connectivity index (χ1n) is 10.5. The summed E-state index contributed by atoms with van der Waals surface area (Å²) in [7, 11) is -0.680. The molecule has 0 spiro atoms. The summed E-state index contributed by atoms with van der Waals surface area (Å²) in [4.78, 5) is 12.3. The number of hydrogen-bond acceptors (Lipinski definition) is 6. The maximum absolute atomic E-state index is 12.3. The molecular formula is C24H30BNO6. The van der Waals surface area contributed by atoms with Gasteiger partial charge in [0.25, 0.3) is 0 Å². The molecule has 0 aliphatic carbocycles. The number of aromatic hydroxyl groups is 1. The Balaban J connectivity index is 1.76. The van der Waals surface area contributed by atoms with E-state index < -0.39 is 24.4 Å². The van der Waals surface area contributed by atoms with E-state index in [1.54, 1.807) is 12.1 Å². The lowest BCUT2D eigenvalue weighted by atomic mass is 9.77. The zero-order chi connectivity index (χ0) is 23.4. The van der Waals surface area contributed by atoms with Crippen molar-refractivity contribution in [3.8, 4) is 5.75 Å². The number of nitrogens with one attached hydrogen (secondary N) is 1. The van der Waals surface area contributed by atoms with Gasteiger partial charge in [0.2, 0.25) is 0 Å². The molecule has 0 atom stereocenters. The SMILES string of the molecule is CC1(C)OB(C(=Cc2ccc(O)c(CO)c2)CNC(=O)OCc2ccccc2)OC1(C)C. The number of aliphatic hydroxyl groups is 1. The molecule has 0 bridgehead atoms. The summed E-state index contributed by atoms with van der Waals surface area (Å²) in [5.74, 6) is 0.0180. The first kappa shape index (κ1) is 23.8. The quantitative estimate of drug-likeness (QED) is 0.568. The third-order valence-electron chi connectivity index (χ3n) is 5.83. The molecule has 2 aromatic rings. The number of carbonyl (C=O) groups is 1. The number of alkyl carbamates (subject to hydrolysis) is 1. The molecule has 0 saturated carbocycles. The van der Waals surface area contributed by atoms with Gasteiger partial charge in [0.1, 0.15) is 12.4 Å². The summed E-state index contributed by atoms with van der Waals surface area (Å²) in [5, 5.41) is 22.1. The Morgan fingerprint density at radius 1 is 1.09 bits per heavy atom. The second kappa shape index (κ2) is 9.77. The van der Waals surface area contributed by atoms with Crippen molar-refractivity contribution in [3.05, 3.63) is 70.7 Å². The van der Waals surface area contributed by atoms with Gasteiger partial charge in [0.05, 0.1) is 17.8 Å². The van der Waals surface area contributed by atoms with Gasteiger partial charge in [-0.05, 0) is 56.4 Å². The van der Waals surface area contributed by atoms with Crippen LogP contribution in [0.5, 0.6) is 5.75 Å². The van der Waals surface area contributed by atoms with Crippen LogP contribution in [0.15, 0.2) is 54.0 Å². The van der Waals surface area contributed by atoms with Gasteiger partial charge in [-0.2, -0.15) is 0 Å². The third kappa shape index (κ3) is 5.70. The Bertz CT molecular complexity index is 958. The topological polar surface area (TPSA) is 97.2 Å². The molecular weight excluding hydrogens is 409 g/mol. The molecule has 1 aliphatic rings. The molecule has 1 saturated heterocycles. The fourth-order valence-corrected chi connectivity index (χ4v) is 3.18. The van der Waals surface area contributed by atoms with Gasteiger partial charge < -0.3 is 29.6 Å². The maximum atomic E-state index is 12.3. The van der Waals surface area contributed by atoms with Gasteiger partial charge >= 0.3 is 13.2 Å². The molecule has 7 nitrogen and oxygen atoms in total. The number of rotatable bonds is 7. The van der Waals surface area contributed by atoms with Crippen LogP contribution in [0.1, 0.15) is 44.4 Å². The van der Waals surface area contributed by atoms with Crippen LogP contribution < -0.4 is 5.32 Å². The fourth-order valence-electron chi connectivity index (χ4n) is 3.18. The number of hydrogen-bond donors (Lipinski definition) is 3. The summed E-state index contributed by atoms with van der Waals surface area (Å²) in [6, 6.07) is 14.3. The van der Waals surface area contributed by atoms with E-state index in [2.05, 4.69) is 5.32 Å². The van der Waals surface area contributed by atoms with Gasteiger partial charge in [-0.25, -0.2) is 4.79 Å². The number of phenols is 1. The van der Waals surface area contributed by atoms with E-state index >= 15 is 0 Å². The minimum Gasteiger partial charge on any atom is -0.508 e. The summed E-state index contributed by atoms with van der Waals surface area (Å²) < 4.78 is 17.6. The molecule has 32 heavy (non-hydrogen) atoms. The lowest BCUT2D eigenvalue weighted by Gasteiger charge is -2.32. The van der Waals surface area contributed by atoms with Crippen molar-refractivity contribution in [2.75, 3.05) is 6.54 Å². The highest BCUT2D eigenvalue weighted by molar-refractivity contribution is 6.56. The second-order valence-corrected chi connectivity index (χ2v) is 8.77. The fraction of sp³-hybridized carbons (Fsp3) is 0.375. The first-order chi connectivity index (χ1) is 15.1. The van der Waals surface area contributed by atoms with E-state index in [0.717, 1.165) is 11.1 Å². The molecule has 1 amide bonds. The van der Waals surface area contributed by atoms with Crippen LogP contribution in [0, 0.1) is 0 Å². The number of aliphatic hydroxyl groups excluding tert-OH is 1. The van der Waals surface area contributed by atoms with E-state index in [1.807, 2.05) is 64.1 Å². The zero-order valence-electron chi connectivity index (χ0n) is 18.9. The van der Waals surface area contributed by atoms with Crippen molar-refractivity contribution in [2.24, 2.45) is 0 Å². The molecule has 0 unspecified atom stereocenters. The highest BCUT2D eigenvalue weighted by Gasteiger charge is 2.52. The Kier molecular flexibility index (Phi) is 7.28. The normalized spacial score (nSPS) is 17.3. The highest BCUT2D eigenvalue weighted by Crippen LogP contribution is 2.38. The molecule has 1 heterocycles. The average Bonchev–Trinajstić information content (AvgIpc) is 2.98. The van der Waals surface area contributed by atoms with Crippen LogP contribution >= 0.6 is 0 Å². The molecule has 3 N–H and O–H groups in total. The van der Waals surface area contributed by atoms with Gasteiger partial charge in [0, 0.05) is 12.1 Å². The van der Waals surface area contributed by atoms with Gasteiger partial charge in [-0.3, -0.25) is 0 Å². The molecule has 1 aliphatic heterocycles. The first-order valence-corrected chi connectivity index (χ1v) is 10.5. The van der Waals surface area contributed by atoms with Crippen molar-refractivity contribution in [2.45, 2.75) is 52.1 Å². The van der Waals surface area contributed by atoms with E-state index in [9.17, 15) is 15.0 Å². The monoisotopic (exact) mass is 439 g/mol. The Hall–Kier alpha value is -2.81. The number of amides is 1. The van der Waals surface area contributed by atoms with Gasteiger partial charge in [-0.15, -0.1) is 0 Å². The van der Waals surface area contributed by atoms with Crippen molar-refractivity contribution in [1.82, 2.24) is 5.32 Å². The molecule has 8 heteroatoms. The van der Waals surface area contributed by atoms with E-state index in [4.69, 9.17) is 14.0 Å². The predicted molar refractivity (Wildman–Crippen MR) is 123 cm³/mol. The Morgan fingerprint density at radius 3 is 2.38 bits per heavy atom. The van der Waals surface area contributed by atoms with E-state index in [-0.39, 0.29) is 25.5 Å². The maximum Gasteiger partial charge on any atom is 0.492 e. The molecule has 2 aromatic carbocycles. The average molecular weight is 439 g/mol. The zero-order valence-corrected chi connectivity index (χ0v) is 18.9. The van der Waals surface area contributed by atoms with Crippen LogP contribution in [-0.2, 0) is 27.3 Å². The van der Waals surface area contributed by atoms with Crippen LogP contribution in [0.25, 0.3) is 6.08 Å². The highest BCUT2D eigenvalue weighted by atomic mass is 16.7. The Morgan fingerprint density at radius 2 is 1.75 bits per heavy atom. The molecule has 1 fully saturated rings.